The van der Waals surface area contributed by atoms with Crippen LogP contribution in [0.15, 0.2) is 60.7 Å². The molecule has 0 aromatic heterocycles. The summed E-state index contributed by atoms with van der Waals surface area (Å²) in [6.45, 7) is 3.96. The predicted molar refractivity (Wildman–Crippen MR) is 94.2 cm³/mol. The van der Waals surface area contributed by atoms with Crippen molar-refractivity contribution in [2.24, 2.45) is 0 Å². The van der Waals surface area contributed by atoms with E-state index < -0.39 is 5.54 Å². The SMILES string of the molecule is CC(C)(NC(=O)/C=C/c1ccc(OCC#N)cc1)c1ccccc1. The molecule has 1 N–H and O–H groups in total. The van der Waals surface area contributed by atoms with Gasteiger partial charge in [-0.3, -0.25) is 4.79 Å². The molecule has 0 fully saturated rings. The van der Waals surface area contributed by atoms with Crippen molar-refractivity contribution in [1.29, 1.82) is 5.26 Å². The van der Waals surface area contributed by atoms with Gasteiger partial charge in [-0.2, -0.15) is 5.26 Å². The van der Waals surface area contributed by atoms with E-state index in [9.17, 15) is 4.79 Å². The summed E-state index contributed by atoms with van der Waals surface area (Å²) in [5.74, 6) is 0.469. The number of carbonyl (C=O) groups is 1. The first-order valence-corrected chi connectivity index (χ1v) is 7.67. The van der Waals surface area contributed by atoms with E-state index in [0.29, 0.717) is 5.75 Å². The maximum atomic E-state index is 12.2. The summed E-state index contributed by atoms with van der Waals surface area (Å²) >= 11 is 0. The largest absolute Gasteiger partial charge is 0.479 e. The Hall–Kier alpha value is -3.06. The minimum atomic E-state index is -0.447. The van der Waals surface area contributed by atoms with Gasteiger partial charge in [0.15, 0.2) is 6.61 Å². The molecule has 0 spiro atoms. The third kappa shape index (κ3) is 4.99. The van der Waals surface area contributed by atoms with Gasteiger partial charge in [0.2, 0.25) is 5.91 Å². The lowest BCUT2D eigenvalue weighted by atomic mass is 9.94. The van der Waals surface area contributed by atoms with Crippen molar-refractivity contribution in [1.82, 2.24) is 5.32 Å². The molecule has 0 saturated heterocycles. The molecule has 2 rings (SSSR count). The smallest absolute Gasteiger partial charge is 0.244 e. The molecule has 0 atom stereocenters. The third-order valence-corrected chi connectivity index (χ3v) is 3.54. The number of carbonyl (C=O) groups excluding carboxylic acids is 1. The topological polar surface area (TPSA) is 62.1 Å². The van der Waals surface area contributed by atoms with Gasteiger partial charge >= 0.3 is 0 Å². The van der Waals surface area contributed by atoms with E-state index in [2.05, 4.69) is 5.32 Å². The van der Waals surface area contributed by atoms with Crippen LogP contribution in [0, 0.1) is 11.3 Å². The molecule has 0 bridgehead atoms. The van der Waals surface area contributed by atoms with Crippen LogP contribution in [0.5, 0.6) is 5.75 Å². The molecule has 0 aliphatic heterocycles. The fourth-order valence-corrected chi connectivity index (χ4v) is 2.24. The van der Waals surface area contributed by atoms with Gasteiger partial charge in [-0.05, 0) is 43.2 Å². The van der Waals surface area contributed by atoms with Crippen molar-refractivity contribution in [3.8, 4) is 11.8 Å². The Balaban J connectivity index is 1.96. The maximum Gasteiger partial charge on any atom is 0.244 e. The average molecular weight is 320 g/mol. The molecule has 2 aromatic rings. The van der Waals surface area contributed by atoms with Gasteiger partial charge in [-0.1, -0.05) is 42.5 Å². The van der Waals surface area contributed by atoms with Crippen LogP contribution in [0.3, 0.4) is 0 Å². The number of rotatable bonds is 6. The Morgan fingerprint density at radius 1 is 1.17 bits per heavy atom. The van der Waals surface area contributed by atoms with Gasteiger partial charge in [0.05, 0.1) is 5.54 Å². The summed E-state index contributed by atoms with van der Waals surface area (Å²) in [6.07, 6.45) is 3.25. The second kappa shape index (κ2) is 7.98. The van der Waals surface area contributed by atoms with Crippen LogP contribution in [0.2, 0.25) is 0 Å². The second-order valence-corrected chi connectivity index (χ2v) is 5.83. The first-order valence-electron chi connectivity index (χ1n) is 7.67. The lowest BCUT2D eigenvalue weighted by molar-refractivity contribution is -0.118. The van der Waals surface area contributed by atoms with Crippen molar-refractivity contribution in [2.75, 3.05) is 6.61 Å². The number of nitrogens with one attached hydrogen (secondary N) is 1. The third-order valence-electron chi connectivity index (χ3n) is 3.54. The number of hydrogen-bond acceptors (Lipinski definition) is 3. The van der Waals surface area contributed by atoms with Gasteiger partial charge in [-0.25, -0.2) is 0 Å². The summed E-state index contributed by atoms with van der Waals surface area (Å²) in [4.78, 5) is 12.2. The van der Waals surface area contributed by atoms with E-state index in [0.717, 1.165) is 11.1 Å². The highest BCUT2D eigenvalue weighted by atomic mass is 16.5. The molecule has 0 saturated carbocycles. The van der Waals surface area contributed by atoms with Crippen molar-refractivity contribution in [2.45, 2.75) is 19.4 Å². The summed E-state index contributed by atoms with van der Waals surface area (Å²) in [5, 5.41) is 11.5. The van der Waals surface area contributed by atoms with E-state index >= 15 is 0 Å². The standard InChI is InChI=1S/C20H20N2O2/c1-20(2,17-6-4-3-5-7-17)22-19(23)13-10-16-8-11-18(12-9-16)24-15-14-21/h3-13H,15H2,1-2H3,(H,22,23)/b13-10+. The molecule has 0 aliphatic rings. The van der Waals surface area contributed by atoms with Crippen LogP contribution in [-0.2, 0) is 10.3 Å². The van der Waals surface area contributed by atoms with Crippen LogP contribution >= 0.6 is 0 Å². The van der Waals surface area contributed by atoms with E-state index in [-0.39, 0.29) is 12.5 Å². The highest BCUT2D eigenvalue weighted by Gasteiger charge is 2.21. The zero-order valence-electron chi connectivity index (χ0n) is 13.8. The summed E-state index contributed by atoms with van der Waals surface area (Å²) < 4.78 is 5.19. The van der Waals surface area contributed by atoms with Crippen molar-refractivity contribution >= 4 is 12.0 Å². The van der Waals surface area contributed by atoms with Crippen LogP contribution < -0.4 is 10.1 Å². The molecule has 0 unspecified atom stereocenters. The second-order valence-electron chi connectivity index (χ2n) is 5.83. The molecule has 2 aromatic carbocycles. The number of ether oxygens (including phenoxy) is 1. The molecule has 122 valence electrons. The lowest BCUT2D eigenvalue weighted by Gasteiger charge is -2.26. The Morgan fingerprint density at radius 2 is 1.83 bits per heavy atom. The van der Waals surface area contributed by atoms with E-state index in [4.69, 9.17) is 10.00 Å². The normalized spacial score (nSPS) is 11.0. The van der Waals surface area contributed by atoms with Gasteiger partial charge in [-0.15, -0.1) is 0 Å². The summed E-state index contributed by atoms with van der Waals surface area (Å²) in [7, 11) is 0. The molecule has 0 radical (unpaired) electrons. The Kier molecular flexibility index (Phi) is 5.75. The van der Waals surface area contributed by atoms with Crippen LogP contribution in [0.1, 0.15) is 25.0 Å². The Bertz CT molecular complexity index is 741. The van der Waals surface area contributed by atoms with Gasteiger partial charge in [0.1, 0.15) is 11.8 Å². The number of nitriles is 1. The van der Waals surface area contributed by atoms with Crippen LogP contribution in [0.25, 0.3) is 6.08 Å². The monoisotopic (exact) mass is 320 g/mol. The summed E-state index contributed by atoms with van der Waals surface area (Å²) in [6, 6.07) is 19.0. The molecular formula is C20H20N2O2. The van der Waals surface area contributed by atoms with Gasteiger partial charge in [0.25, 0.3) is 0 Å². The van der Waals surface area contributed by atoms with Crippen molar-refractivity contribution < 1.29 is 9.53 Å². The first kappa shape index (κ1) is 17.3. The quantitative estimate of drug-likeness (QED) is 0.826. The Morgan fingerprint density at radius 3 is 2.46 bits per heavy atom. The Labute approximate surface area is 142 Å². The fourth-order valence-electron chi connectivity index (χ4n) is 2.24. The molecule has 0 aliphatic carbocycles. The zero-order chi connectivity index (χ0) is 17.4. The number of nitrogens with zero attached hydrogens (tertiary/aromatic N) is 1. The molecule has 1 amide bonds. The molecule has 0 heterocycles. The predicted octanol–water partition coefficient (Wildman–Crippen LogP) is 3.65. The number of benzene rings is 2. The van der Waals surface area contributed by atoms with E-state index in [1.54, 1.807) is 18.2 Å². The van der Waals surface area contributed by atoms with Crippen LogP contribution in [0.4, 0.5) is 0 Å². The first-order chi connectivity index (χ1) is 11.5. The lowest BCUT2D eigenvalue weighted by Crippen LogP contribution is -2.40. The molecule has 4 nitrogen and oxygen atoms in total. The fraction of sp³-hybridized carbons (Fsp3) is 0.200. The number of hydrogen-bond donors (Lipinski definition) is 1. The zero-order valence-corrected chi connectivity index (χ0v) is 13.8. The van der Waals surface area contributed by atoms with Crippen molar-refractivity contribution in [3.05, 3.63) is 71.8 Å². The van der Waals surface area contributed by atoms with Crippen molar-refractivity contribution in [3.63, 3.8) is 0 Å². The highest BCUT2D eigenvalue weighted by Crippen LogP contribution is 2.19. The minimum Gasteiger partial charge on any atom is -0.479 e. The molecule has 24 heavy (non-hydrogen) atoms. The van der Waals surface area contributed by atoms with E-state index in [1.165, 1.54) is 6.08 Å². The highest BCUT2D eigenvalue weighted by molar-refractivity contribution is 5.92. The van der Waals surface area contributed by atoms with Crippen LogP contribution in [-0.4, -0.2) is 12.5 Å². The molecular weight excluding hydrogens is 300 g/mol. The molecule has 4 heteroatoms. The van der Waals surface area contributed by atoms with Gasteiger partial charge < -0.3 is 10.1 Å². The minimum absolute atomic E-state index is 0.0200. The maximum absolute atomic E-state index is 12.2. The number of amides is 1. The van der Waals surface area contributed by atoms with Gasteiger partial charge in [0, 0.05) is 6.08 Å². The van der Waals surface area contributed by atoms with E-state index in [1.807, 2.05) is 62.4 Å². The summed E-state index contributed by atoms with van der Waals surface area (Å²) in [5.41, 5.74) is 1.48. The average Bonchev–Trinajstić information content (AvgIpc) is 2.59.